The molecule has 112 valence electrons. The van der Waals surface area contributed by atoms with Gasteiger partial charge in [-0.05, 0) is 31.0 Å². The maximum absolute atomic E-state index is 13.4. The molecule has 21 heavy (non-hydrogen) atoms. The number of aliphatic hydroxyl groups excluding tert-OH is 1. The Morgan fingerprint density at radius 2 is 2.19 bits per heavy atom. The van der Waals surface area contributed by atoms with Crippen LogP contribution in [0.3, 0.4) is 0 Å². The smallest absolute Gasteiger partial charge is 0.255 e. The molecule has 4 nitrogen and oxygen atoms in total. The summed E-state index contributed by atoms with van der Waals surface area (Å²) >= 11 is 0. The molecule has 1 aliphatic rings. The molecule has 0 spiro atoms. The second-order valence-electron chi connectivity index (χ2n) is 4.88. The van der Waals surface area contributed by atoms with Crippen LogP contribution < -0.4 is 0 Å². The van der Waals surface area contributed by atoms with Gasteiger partial charge in [0.05, 0.1) is 11.7 Å². The van der Waals surface area contributed by atoms with Gasteiger partial charge in [0.1, 0.15) is 12.4 Å². The zero-order chi connectivity index (χ0) is 15.2. The van der Waals surface area contributed by atoms with E-state index in [2.05, 4.69) is 11.8 Å². The highest BCUT2D eigenvalue weighted by molar-refractivity contribution is 5.96. The molecule has 0 atom stereocenters. The quantitative estimate of drug-likeness (QED) is 0.838. The molecule has 1 aliphatic heterocycles. The van der Waals surface area contributed by atoms with Crippen LogP contribution in [0, 0.1) is 17.7 Å². The lowest BCUT2D eigenvalue weighted by Gasteiger charge is -2.31. The Balaban J connectivity index is 2.20. The molecule has 5 heteroatoms. The number of nitrogens with zero attached hydrogens (tertiary/aromatic N) is 1. The molecular formula is C16H18FNO3. The summed E-state index contributed by atoms with van der Waals surface area (Å²) in [5, 5.41) is 8.76. The fraction of sp³-hybridized carbons (Fsp3) is 0.438. The van der Waals surface area contributed by atoms with Gasteiger partial charge in [0, 0.05) is 25.8 Å². The molecule has 1 amide bonds. The van der Waals surface area contributed by atoms with Crippen LogP contribution in [0.2, 0.25) is 0 Å². The summed E-state index contributed by atoms with van der Waals surface area (Å²) in [5.74, 6) is 4.48. The molecule has 1 aromatic rings. The number of halogens is 1. The van der Waals surface area contributed by atoms with Gasteiger partial charge in [-0.2, -0.15) is 0 Å². The number of hydrogen-bond acceptors (Lipinski definition) is 3. The van der Waals surface area contributed by atoms with Gasteiger partial charge in [0.2, 0.25) is 0 Å². The summed E-state index contributed by atoms with van der Waals surface area (Å²) in [6.45, 7) is 0.867. The molecule has 0 aliphatic carbocycles. The third-order valence-electron chi connectivity index (χ3n) is 3.58. The van der Waals surface area contributed by atoms with Crippen molar-refractivity contribution in [1.82, 2.24) is 4.90 Å². The largest absolute Gasteiger partial charge is 0.384 e. The Labute approximate surface area is 123 Å². The minimum absolute atomic E-state index is 0.176. The average Bonchev–Trinajstić information content (AvgIpc) is 2.53. The number of carbonyl (C=O) groups excluding carboxylic acids is 1. The first-order valence-corrected chi connectivity index (χ1v) is 6.87. The molecule has 1 saturated heterocycles. The lowest BCUT2D eigenvalue weighted by Crippen LogP contribution is -2.40. The van der Waals surface area contributed by atoms with Crippen molar-refractivity contribution < 1.29 is 19.0 Å². The van der Waals surface area contributed by atoms with Crippen molar-refractivity contribution in [3.05, 3.63) is 35.1 Å². The Bertz CT molecular complexity index is 569. The molecule has 0 saturated carbocycles. The summed E-state index contributed by atoms with van der Waals surface area (Å²) < 4.78 is 18.7. The van der Waals surface area contributed by atoms with Gasteiger partial charge in [-0.25, -0.2) is 4.39 Å². The SMILES string of the molecule is COC1CCN(C(=O)c2cc(F)ccc2C#CCO)CC1. The second-order valence-corrected chi connectivity index (χ2v) is 4.88. The van der Waals surface area contributed by atoms with Crippen molar-refractivity contribution in [3.63, 3.8) is 0 Å². The minimum Gasteiger partial charge on any atom is -0.384 e. The molecular weight excluding hydrogens is 273 g/mol. The van der Waals surface area contributed by atoms with E-state index in [1.807, 2.05) is 0 Å². The van der Waals surface area contributed by atoms with Crippen molar-refractivity contribution in [1.29, 1.82) is 0 Å². The lowest BCUT2D eigenvalue weighted by atomic mass is 10.0. The normalized spacial score (nSPS) is 15.5. The van der Waals surface area contributed by atoms with Crippen LogP contribution in [0.5, 0.6) is 0 Å². The van der Waals surface area contributed by atoms with E-state index in [9.17, 15) is 9.18 Å². The van der Waals surface area contributed by atoms with Gasteiger partial charge < -0.3 is 14.7 Å². The molecule has 1 N–H and O–H groups in total. The highest BCUT2D eigenvalue weighted by atomic mass is 19.1. The first-order valence-electron chi connectivity index (χ1n) is 6.87. The van der Waals surface area contributed by atoms with Crippen molar-refractivity contribution in [2.45, 2.75) is 18.9 Å². The van der Waals surface area contributed by atoms with Gasteiger partial charge in [-0.15, -0.1) is 0 Å². The average molecular weight is 291 g/mol. The van der Waals surface area contributed by atoms with Crippen LogP contribution >= 0.6 is 0 Å². The van der Waals surface area contributed by atoms with Crippen molar-refractivity contribution >= 4 is 5.91 Å². The zero-order valence-electron chi connectivity index (χ0n) is 11.9. The number of rotatable bonds is 2. The molecule has 0 aromatic heterocycles. The van der Waals surface area contributed by atoms with E-state index < -0.39 is 5.82 Å². The van der Waals surface area contributed by atoms with E-state index in [1.165, 1.54) is 18.2 Å². The number of hydrogen-bond donors (Lipinski definition) is 1. The van der Waals surface area contributed by atoms with Crippen LogP contribution in [0.25, 0.3) is 0 Å². The highest BCUT2D eigenvalue weighted by Gasteiger charge is 2.24. The van der Waals surface area contributed by atoms with Crippen LogP contribution in [0.15, 0.2) is 18.2 Å². The number of aliphatic hydroxyl groups is 1. The summed E-state index contributed by atoms with van der Waals surface area (Å²) in [6, 6.07) is 3.93. The van der Waals surface area contributed by atoms with E-state index in [-0.39, 0.29) is 24.2 Å². The van der Waals surface area contributed by atoms with Crippen LogP contribution in [0.4, 0.5) is 4.39 Å². The van der Waals surface area contributed by atoms with Gasteiger partial charge >= 0.3 is 0 Å². The third kappa shape index (κ3) is 3.81. The Morgan fingerprint density at radius 3 is 2.81 bits per heavy atom. The van der Waals surface area contributed by atoms with Crippen molar-refractivity contribution in [2.75, 3.05) is 26.8 Å². The molecule has 1 fully saturated rings. The van der Waals surface area contributed by atoms with E-state index in [4.69, 9.17) is 9.84 Å². The molecule has 0 bridgehead atoms. The maximum atomic E-state index is 13.4. The minimum atomic E-state index is -0.473. The Morgan fingerprint density at radius 1 is 1.48 bits per heavy atom. The van der Waals surface area contributed by atoms with Crippen LogP contribution in [-0.4, -0.2) is 48.8 Å². The van der Waals surface area contributed by atoms with Crippen molar-refractivity contribution in [3.8, 4) is 11.8 Å². The molecule has 2 rings (SSSR count). The number of carbonyl (C=O) groups is 1. The first kappa shape index (κ1) is 15.5. The Hall–Kier alpha value is -1.90. The predicted molar refractivity (Wildman–Crippen MR) is 76.3 cm³/mol. The maximum Gasteiger partial charge on any atom is 0.255 e. The van der Waals surface area contributed by atoms with Crippen LogP contribution in [0.1, 0.15) is 28.8 Å². The van der Waals surface area contributed by atoms with Gasteiger partial charge in [-0.1, -0.05) is 11.8 Å². The predicted octanol–water partition coefficient (Wildman–Crippen LogP) is 1.42. The number of likely N-dealkylation sites (tertiary alicyclic amines) is 1. The summed E-state index contributed by atoms with van der Waals surface area (Å²) in [4.78, 5) is 14.2. The summed E-state index contributed by atoms with van der Waals surface area (Å²) in [6.07, 6.45) is 1.72. The second kappa shape index (κ2) is 7.21. The number of methoxy groups -OCH3 is 1. The number of ether oxygens (including phenoxy) is 1. The molecule has 0 unspecified atom stereocenters. The third-order valence-corrected chi connectivity index (χ3v) is 3.58. The van der Waals surface area contributed by atoms with E-state index in [1.54, 1.807) is 12.0 Å². The standard InChI is InChI=1S/C16H18FNO3/c1-21-14-6-8-18(9-7-14)16(20)15-11-13(17)5-4-12(15)3-2-10-19/h4-5,11,14,19H,6-10H2,1H3. The van der Waals surface area contributed by atoms with E-state index in [0.717, 1.165) is 12.8 Å². The fourth-order valence-electron chi connectivity index (χ4n) is 2.40. The van der Waals surface area contributed by atoms with E-state index in [0.29, 0.717) is 18.7 Å². The fourth-order valence-corrected chi connectivity index (χ4v) is 2.40. The van der Waals surface area contributed by atoms with Gasteiger partial charge in [0.15, 0.2) is 0 Å². The topological polar surface area (TPSA) is 49.8 Å². The van der Waals surface area contributed by atoms with Gasteiger partial charge in [-0.3, -0.25) is 4.79 Å². The number of benzene rings is 1. The summed E-state index contributed by atoms with van der Waals surface area (Å²) in [7, 11) is 1.66. The Kier molecular flexibility index (Phi) is 5.32. The van der Waals surface area contributed by atoms with Crippen molar-refractivity contribution in [2.24, 2.45) is 0 Å². The molecule has 1 heterocycles. The molecule has 0 radical (unpaired) electrons. The zero-order valence-corrected chi connectivity index (χ0v) is 11.9. The number of amides is 1. The highest BCUT2D eigenvalue weighted by Crippen LogP contribution is 2.18. The lowest BCUT2D eigenvalue weighted by molar-refractivity contribution is 0.0350. The molecule has 1 aromatic carbocycles. The van der Waals surface area contributed by atoms with Gasteiger partial charge in [0.25, 0.3) is 5.91 Å². The first-order chi connectivity index (χ1) is 10.2. The monoisotopic (exact) mass is 291 g/mol. The summed E-state index contributed by atoms with van der Waals surface area (Å²) in [5.41, 5.74) is 0.677. The van der Waals surface area contributed by atoms with E-state index >= 15 is 0 Å². The number of piperidine rings is 1. The van der Waals surface area contributed by atoms with Crippen LogP contribution in [-0.2, 0) is 4.74 Å².